The van der Waals surface area contributed by atoms with Gasteiger partial charge in [0, 0.05) is 54.3 Å². The highest BCUT2D eigenvalue weighted by atomic mass is 32.1. The first-order valence-electron chi connectivity index (χ1n) is 20.8. The van der Waals surface area contributed by atoms with Crippen LogP contribution < -0.4 is 24.6 Å². The Morgan fingerprint density at radius 2 is 1.72 bits per heavy atom. The van der Waals surface area contributed by atoms with Crippen LogP contribution in [-0.2, 0) is 0 Å². The number of carbonyl (C=O) groups excluding carboxylic acids is 1. The number of hydrogen-bond acceptors (Lipinski definition) is 12. The molecule has 0 bridgehead atoms. The number of aryl methyl sites for hydroxylation is 2. The molecule has 6 heterocycles. The Bertz CT molecular complexity index is 2510. The van der Waals surface area contributed by atoms with Gasteiger partial charge in [0.25, 0.3) is 5.91 Å². The Morgan fingerprint density at radius 3 is 2.42 bits per heavy atom. The summed E-state index contributed by atoms with van der Waals surface area (Å²) in [5.74, 6) is 3.09. The highest BCUT2D eigenvalue weighted by molar-refractivity contribution is 7.15. The number of ether oxygens (including phenoxy) is 2. The van der Waals surface area contributed by atoms with Gasteiger partial charge in [-0.2, -0.15) is 5.26 Å². The molecule has 2 aromatic carbocycles. The molecule has 13 nitrogen and oxygen atoms in total. The molecule has 60 heavy (non-hydrogen) atoms. The van der Waals surface area contributed by atoms with Crippen molar-refractivity contribution in [1.82, 2.24) is 30.3 Å². The molecule has 1 N–H and O–H groups in total. The molecule has 310 valence electrons. The SMILES string of the molecule is COc1cc(OC2CCC(NC(=O)c3ccc(N4CCC5(CCN(c6ccc(C7=N[C@@H](C)c8nnc(C)n8-c8sc(C)c(C)c87)cc6F)CC5)C4)nn3)CC2)ccc1C#N. The number of nitriles is 1. The average Bonchev–Trinajstić information content (AvgIpc) is 3.92. The largest absolute Gasteiger partial charge is 0.495 e. The number of anilines is 2. The van der Waals surface area contributed by atoms with Gasteiger partial charge in [0.05, 0.1) is 30.2 Å². The lowest BCUT2D eigenvalue weighted by Gasteiger charge is -2.40. The number of thiophene rings is 1. The summed E-state index contributed by atoms with van der Waals surface area (Å²) in [5, 5.41) is 31.0. The van der Waals surface area contributed by atoms with E-state index in [-0.39, 0.29) is 35.3 Å². The van der Waals surface area contributed by atoms with Gasteiger partial charge >= 0.3 is 0 Å². The van der Waals surface area contributed by atoms with Crippen molar-refractivity contribution in [2.45, 2.75) is 90.8 Å². The van der Waals surface area contributed by atoms with Gasteiger partial charge in [-0.3, -0.25) is 14.4 Å². The quantitative estimate of drug-likeness (QED) is 0.166. The second-order valence-corrected chi connectivity index (χ2v) is 17.9. The van der Waals surface area contributed by atoms with Crippen molar-refractivity contribution in [2.24, 2.45) is 10.4 Å². The number of aromatic nitrogens is 5. The van der Waals surface area contributed by atoms with Crippen molar-refractivity contribution in [2.75, 3.05) is 43.1 Å². The van der Waals surface area contributed by atoms with Crippen LogP contribution in [0.2, 0.25) is 0 Å². The fourth-order valence-corrected chi connectivity index (χ4v) is 10.6. The number of nitrogens with zero attached hydrogens (tertiary/aromatic N) is 9. The van der Waals surface area contributed by atoms with Crippen LogP contribution in [0.5, 0.6) is 11.5 Å². The minimum Gasteiger partial charge on any atom is -0.495 e. The van der Waals surface area contributed by atoms with Gasteiger partial charge in [0.1, 0.15) is 40.3 Å². The van der Waals surface area contributed by atoms with Gasteiger partial charge in [-0.05, 0) is 120 Å². The highest BCUT2D eigenvalue weighted by Crippen LogP contribution is 2.44. The molecule has 0 radical (unpaired) electrons. The number of halogens is 1. The maximum Gasteiger partial charge on any atom is 0.272 e. The minimum atomic E-state index is -0.236. The number of rotatable bonds is 8. The van der Waals surface area contributed by atoms with E-state index >= 15 is 4.39 Å². The summed E-state index contributed by atoms with van der Waals surface area (Å²) in [7, 11) is 1.54. The van der Waals surface area contributed by atoms with Crippen LogP contribution in [0.15, 0.2) is 53.5 Å². The van der Waals surface area contributed by atoms with Crippen LogP contribution in [0.1, 0.15) is 107 Å². The van der Waals surface area contributed by atoms with Crippen LogP contribution in [0.4, 0.5) is 15.9 Å². The molecule has 4 aliphatic rings. The van der Waals surface area contributed by atoms with Crippen LogP contribution in [0.25, 0.3) is 5.00 Å². The van der Waals surface area contributed by atoms with Crippen molar-refractivity contribution >= 4 is 34.5 Å². The van der Waals surface area contributed by atoms with E-state index in [0.717, 1.165) is 116 Å². The number of carbonyl (C=O) groups is 1. The Morgan fingerprint density at radius 1 is 0.950 bits per heavy atom. The summed E-state index contributed by atoms with van der Waals surface area (Å²) in [6.07, 6.45) is 6.13. The highest BCUT2D eigenvalue weighted by Gasteiger charge is 2.42. The monoisotopic (exact) mass is 828 g/mol. The Hall–Kier alpha value is -5.88. The summed E-state index contributed by atoms with van der Waals surface area (Å²) in [6.45, 7) is 11.5. The van der Waals surface area contributed by atoms with Crippen molar-refractivity contribution < 1.29 is 18.7 Å². The zero-order chi connectivity index (χ0) is 41.7. The zero-order valence-electron chi connectivity index (χ0n) is 34.7. The number of aliphatic imine (C=N–C) groups is 1. The second-order valence-electron chi connectivity index (χ2n) is 16.7. The Balaban J connectivity index is 0.783. The van der Waals surface area contributed by atoms with E-state index in [1.54, 1.807) is 41.7 Å². The minimum absolute atomic E-state index is 0.0235. The van der Waals surface area contributed by atoms with E-state index in [2.05, 4.69) is 60.0 Å². The third-order valence-electron chi connectivity index (χ3n) is 13.0. The molecule has 1 atom stereocenters. The molecule has 1 aliphatic carbocycles. The molecule has 9 rings (SSSR count). The Kier molecular flexibility index (Phi) is 10.5. The van der Waals surface area contributed by atoms with Gasteiger partial charge in [-0.1, -0.05) is 6.07 Å². The van der Waals surface area contributed by atoms with E-state index in [0.29, 0.717) is 28.4 Å². The predicted molar refractivity (Wildman–Crippen MR) is 228 cm³/mol. The maximum atomic E-state index is 16.2. The van der Waals surface area contributed by atoms with Crippen LogP contribution in [0.3, 0.4) is 0 Å². The number of methoxy groups -OCH3 is 1. The number of hydrogen-bond donors (Lipinski definition) is 1. The first-order valence-corrected chi connectivity index (χ1v) is 21.6. The van der Waals surface area contributed by atoms with Crippen molar-refractivity contribution in [3.63, 3.8) is 0 Å². The standard InChI is InChI=1S/C45H49FN10O3S/c1-26-28(3)60-44-40(26)41(48-27(2)42-53-50-29(4)56(42)44)30-7-14-37(35(46)22-30)54-19-16-45(17-20-54)18-21-55(25-45)39-15-13-36(51-52-39)43(57)49-32-8-11-33(12-9-32)59-34-10-6-31(24-47)38(23-34)58-5/h6-7,10,13-15,22-23,27,32-33H,8-9,11-12,16-21,25H2,1-5H3,(H,49,57)/t27-,32?,33?/m0/s1. The van der Waals surface area contributed by atoms with Crippen molar-refractivity contribution in [3.05, 3.63) is 98.8 Å². The first-order chi connectivity index (χ1) is 29.0. The molecule has 5 aromatic rings. The molecule has 1 saturated carbocycles. The predicted octanol–water partition coefficient (Wildman–Crippen LogP) is 7.59. The van der Waals surface area contributed by atoms with Gasteiger partial charge in [-0.25, -0.2) is 4.39 Å². The zero-order valence-corrected chi connectivity index (χ0v) is 35.5. The summed E-state index contributed by atoms with van der Waals surface area (Å²) in [5.41, 5.74) is 5.25. The molecule has 3 aromatic heterocycles. The molecule has 15 heteroatoms. The van der Waals surface area contributed by atoms with E-state index < -0.39 is 0 Å². The lowest BCUT2D eigenvalue weighted by molar-refractivity contribution is 0.0888. The molecular weight excluding hydrogens is 780 g/mol. The van der Waals surface area contributed by atoms with Crippen molar-refractivity contribution in [1.29, 1.82) is 5.26 Å². The third kappa shape index (κ3) is 7.35. The topological polar surface area (TPSA) is 147 Å². The summed E-state index contributed by atoms with van der Waals surface area (Å²) in [6, 6.07) is 16.4. The summed E-state index contributed by atoms with van der Waals surface area (Å²) < 4.78 is 29.7. The van der Waals surface area contributed by atoms with Gasteiger partial charge < -0.3 is 24.6 Å². The van der Waals surface area contributed by atoms with Crippen molar-refractivity contribution in [3.8, 4) is 22.6 Å². The number of fused-ring (bicyclic) bond motifs is 3. The Labute approximate surface area is 353 Å². The number of nitrogens with one attached hydrogen (secondary N) is 1. The van der Waals surface area contributed by atoms with E-state index in [1.807, 2.05) is 32.0 Å². The van der Waals surface area contributed by atoms with E-state index in [9.17, 15) is 10.1 Å². The van der Waals surface area contributed by atoms with E-state index in [4.69, 9.17) is 14.5 Å². The molecule has 1 amide bonds. The molecule has 0 unspecified atom stereocenters. The summed E-state index contributed by atoms with van der Waals surface area (Å²) in [4.78, 5) is 23.9. The molecular formula is C45H49FN10O3S. The third-order valence-corrected chi connectivity index (χ3v) is 14.2. The number of piperidine rings is 1. The lowest BCUT2D eigenvalue weighted by atomic mass is 9.77. The van der Waals surface area contributed by atoms with Gasteiger partial charge in [-0.15, -0.1) is 31.7 Å². The first kappa shape index (κ1) is 39.6. The second kappa shape index (κ2) is 15.9. The summed E-state index contributed by atoms with van der Waals surface area (Å²) >= 11 is 1.70. The lowest BCUT2D eigenvalue weighted by Crippen LogP contribution is -2.42. The van der Waals surface area contributed by atoms with E-state index in [1.165, 1.54) is 12.0 Å². The molecule has 2 saturated heterocycles. The fourth-order valence-electron chi connectivity index (χ4n) is 9.38. The normalized spacial score (nSPS) is 20.8. The van der Waals surface area contributed by atoms with Crippen LogP contribution >= 0.6 is 11.3 Å². The smallest absolute Gasteiger partial charge is 0.272 e. The van der Waals surface area contributed by atoms with Crippen LogP contribution in [0, 0.1) is 43.3 Å². The molecule has 3 fully saturated rings. The number of amides is 1. The fraction of sp³-hybridized carbons (Fsp3) is 0.444. The molecule has 3 aliphatic heterocycles. The van der Waals surface area contributed by atoms with Crippen LogP contribution in [-0.4, -0.2) is 82.0 Å². The van der Waals surface area contributed by atoms with Gasteiger partial charge in [0.2, 0.25) is 0 Å². The number of benzene rings is 2. The van der Waals surface area contributed by atoms with Gasteiger partial charge in [0.15, 0.2) is 17.3 Å². The maximum absolute atomic E-state index is 16.2. The molecule has 1 spiro atoms. The average molecular weight is 829 g/mol.